The predicted octanol–water partition coefficient (Wildman–Crippen LogP) is 4.04. The second kappa shape index (κ2) is 8.55. The molecule has 0 N–H and O–H groups in total. The molecule has 0 spiro atoms. The van der Waals surface area contributed by atoms with Crippen LogP contribution in [0.4, 0.5) is 5.69 Å². The fourth-order valence-electron chi connectivity index (χ4n) is 4.10. The summed E-state index contributed by atoms with van der Waals surface area (Å²) in [5, 5.41) is 0.543. The van der Waals surface area contributed by atoms with E-state index >= 15 is 0 Å². The van der Waals surface area contributed by atoms with Crippen LogP contribution < -0.4 is 4.90 Å². The first-order chi connectivity index (χ1) is 14.3. The van der Waals surface area contributed by atoms with Crippen molar-refractivity contribution in [1.29, 1.82) is 0 Å². The summed E-state index contributed by atoms with van der Waals surface area (Å²) in [4.78, 5) is 19.1. The van der Waals surface area contributed by atoms with Crippen molar-refractivity contribution in [2.24, 2.45) is 4.99 Å². The SMILES string of the molecule is CC(C)c1ccccc1N1C(=NC(=O)CCc2ccccc2)S[C@@H]2CS(=O)(=O)C[C@H]21. The van der Waals surface area contributed by atoms with Crippen LogP contribution in [0.5, 0.6) is 0 Å². The molecule has 158 valence electrons. The molecule has 2 atom stereocenters. The van der Waals surface area contributed by atoms with Gasteiger partial charge in [-0.1, -0.05) is 74.1 Å². The molecule has 0 bridgehead atoms. The van der Waals surface area contributed by atoms with Gasteiger partial charge >= 0.3 is 0 Å². The lowest BCUT2D eigenvalue weighted by atomic mass is 9.99. The number of amides is 1. The van der Waals surface area contributed by atoms with Crippen molar-refractivity contribution in [2.45, 2.75) is 43.9 Å². The third-order valence-electron chi connectivity index (χ3n) is 5.58. The molecule has 0 saturated carbocycles. The number of thioether (sulfide) groups is 1. The second-order valence-electron chi connectivity index (χ2n) is 8.16. The zero-order valence-corrected chi connectivity index (χ0v) is 18.8. The molecule has 2 fully saturated rings. The van der Waals surface area contributed by atoms with Gasteiger partial charge < -0.3 is 4.90 Å². The number of sulfone groups is 1. The Kier molecular flexibility index (Phi) is 6.02. The average molecular weight is 443 g/mol. The summed E-state index contributed by atoms with van der Waals surface area (Å²) in [6.07, 6.45) is 0.978. The molecule has 0 radical (unpaired) electrons. The molecule has 2 aliphatic heterocycles. The minimum atomic E-state index is -3.08. The quantitative estimate of drug-likeness (QED) is 0.699. The van der Waals surface area contributed by atoms with Gasteiger partial charge in [-0.2, -0.15) is 4.99 Å². The highest BCUT2D eigenvalue weighted by molar-refractivity contribution is 8.16. The lowest BCUT2D eigenvalue weighted by Gasteiger charge is -2.28. The predicted molar refractivity (Wildman–Crippen MR) is 124 cm³/mol. The molecule has 2 saturated heterocycles. The van der Waals surface area contributed by atoms with Crippen LogP contribution >= 0.6 is 11.8 Å². The third kappa shape index (κ3) is 4.47. The number of benzene rings is 2. The first-order valence-electron chi connectivity index (χ1n) is 10.2. The maximum Gasteiger partial charge on any atom is 0.248 e. The number of anilines is 1. The van der Waals surface area contributed by atoms with Crippen molar-refractivity contribution in [3.8, 4) is 0 Å². The van der Waals surface area contributed by atoms with Gasteiger partial charge in [0.05, 0.1) is 17.5 Å². The van der Waals surface area contributed by atoms with Gasteiger partial charge in [0.25, 0.3) is 0 Å². The first-order valence-corrected chi connectivity index (χ1v) is 12.9. The zero-order chi connectivity index (χ0) is 21.3. The van der Waals surface area contributed by atoms with E-state index in [2.05, 4.69) is 24.9 Å². The van der Waals surface area contributed by atoms with E-state index in [4.69, 9.17) is 0 Å². The lowest BCUT2D eigenvalue weighted by Crippen LogP contribution is -2.38. The van der Waals surface area contributed by atoms with Crippen molar-refractivity contribution >= 4 is 38.4 Å². The Bertz CT molecular complexity index is 1060. The number of aryl methyl sites for hydroxylation is 1. The number of carbonyl (C=O) groups is 1. The van der Waals surface area contributed by atoms with Crippen molar-refractivity contribution in [1.82, 2.24) is 0 Å². The highest BCUT2D eigenvalue weighted by atomic mass is 32.2. The maximum atomic E-state index is 12.7. The number of hydrogen-bond donors (Lipinski definition) is 0. The van der Waals surface area contributed by atoms with E-state index in [1.807, 2.05) is 53.4 Å². The number of hydrogen-bond acceptors (Lipinski definition) is 4. The van der Waals surface area contributed by atoms with Gasteiger partial charge in [0.1, 0.15) is 0 Å². The van der Waals surface area contributed by atoms with Crippen LogP contribution in [-0.2, 0) is 21.1 Å². The highest BCUT2D eigenvalue weighted by Gasteiger charge is 2.49. The van der Waals surface area contributed by atoms with Gasteiger partial charge in [-0.05, 0) is 29.5 Å². The number of carbonyl (C=O) groups excluding carboxylic acids is 1. The monoisotopic (exact) mass is 442 g/mol. The molecule has 2 aromatic carbocycles. The van der Waals surface area contributed by atoms with Crippen molar-refractivity contribution in [3.05, 3.63) is 65.7 Å². The molecule has 2 aromatic rings. The van der Waals surface area contributed by atoms with E-state index in [0.29, 0.717) is 18.0 Å². The van der Waals surface area contributed by atoms with E-state index < -0.39 is 9.84 Å². The summed E-state index contributed by atoms with van der Waals surface area (Å²) in [5.74, 6) is 0.350. The molecule has 2 aliphatic rings. The lowest BCUT2D eigenvalue weighted by molar-refractivity contribution is -0.117. The Balaban J connectivity index is 1.63. The molecule has 4 rings (SSSR count). The fourth-order valence-corrected chi connectivity index (χ4v) is 8.02. The van der Waals surface area contributed by atoms with E-state index in [9.17, 15) is 13.2 Å². The van der Waals surface area contributed by atoms with Crippen LogP contribution in [0.3, 0.4) is 0 Å². The fraction of sp³-hybridized carbons (Fsp3) is 0.391. The van der Waals surface area contributed by atoms with Gasteiger partial charge in [0.15, 0.2) is 15.0 Å². The van der Waals surface area contributed by atoms with Gasteiger partial charge in [-0.25, -0.2) is 8.42 Å². The molecule has 0 aromatic heterocycles. The largest absolute Gasteiger partial charge is 0.315 e. The summed E-state index contributed by atoms with van der Waals surface area (Å²) >= 11 is 1.43. The normalized spacial score (nSPS) is 23.8. The first kappa shape index (κ1) is 21.1. The Morgan fingerprint density at radius 2 is 1.80 bits per heavy atom. The highest BCUT2D eigenvalue weighted by Crippen LogP contribution is 2.43. The van der Waals surface area contributed by atoms with Crippen LogP contribution in [0.15, 0.2) is 59.6 Å². The third-order valence-corrected chi connectivity index (χ3v) is 8.79. The van der Waals surface area contributed by atoms with Crippen LogP contribution in [0.2, 0.25) is 0 Å². The molecule has 7 heteroatoms. The number of rotatable bonds is 5. The minimum Gasteiger partial charge on any atom is -0.315 e. The zero-order valence-electron chi connectivity index (χ0n) is 17.2. The van der Waals surface area contributed by atoms with Crippen LogP contribution in [0, 0.1) is 0 Å². The van der Waals surface area contributed by atoms with Gasteiger partial charge in [0.2, 0.25) is 5.91 Å². The standard InChI is InChI=1S/C23H26N2O3S2/c1-16(2)18-10-6-7-11-19(18)25-20-14-30(27,28)15-21(20)29-23(25)24-22(26)13-12-17-8-4-3-5-9-17/h3-11,16,20-21H,12-15H2,1-2H3/t20-,21-/m1/s1. The van der Waals surface area contributed by atoms with E-state index in [0.717, 1.165) is 16.8 Å². The van der Waals surface area contributed by atoms with Crippen LogP contribution in [0.25, 0.3) is 0 Å². The summed E-state index contributed by atoms with van der Waals surface area (Å²) in [6, 6.07) is 17.7. The Labute approximate surface area is 182 Å². The van der Waals surface area contributed by atoms with E-state index in [-0.39, 0.29) is 34.6 Å². The summed E-state index contributed by atoms with van der Waals surface area (Å²) in [5.41, 5.74) is 3.20. The number of fused-ring (bicyclic) bond motifs is 1. The Morgan fingerprint density at radius 3 is 2.53 bits per heavy atom. The van der Waals surface area contributed by atoms with Crippen molar-refractivity contribution < 1.29 is 13.2 Å². The smallest absolute Gasteiger partial charge is 0.248 e. The van der Waals surface area contributed by atoms with Gasteiger partial charge in [-0.3, -0.25) is 4.79 Å². The summed E-state index contributed by atoms with van der Waals surface area (Å²) in [7, 11) is -3.08. The maximum absolute atomic E-state index is 12.7. The molecule has 2 heterocycles. The van der Waals surface area contributed by atoms with Crippen molar-refractivity contribution in [2.75, 3.05) is 16.4 Å². The number of para-hydroxylation sites is 1. The Hall–Kier alpha value is -2.12. The molecule has 5 nitrogen and oxygen atoms in total. The van der Waals surface area contributed by atoms with Gasteiger partial charge in [0, 0.05) is 17.4 Å². The molecule has 0 unspecified atom stereocenters. The van der Waals surface area contributed by atoms with Crippen molar-refractivity contribution in [3.63, 3.8) is 0 Å². The molecule has 1 amide bonds. The topological polar surface area (TPSA) is 66.8 Å². The van der Waals surface area contributed by atoms with Crippen LogP contribution in [-0.4, -0.2) is 42.3 Å². The Morgan fingerprint density at radius 1 is 1.10 bits per heavy atom. The summed E-state index contributed by atoms with van der Waals surface area (Å²) in [6.45, 7) is 4.24. The summed E-state index contributed by atoms with van der Waals surface area (Å²) < 4.78 is 24.6. The average Bonchev–Trinajstić information content (AvgIpc) is 3.17. The van der Waals surface area contributed by atoms with E-state index in [1.54, 1.807) is 0 Å². The van der Waals surface area contributed by atoms with Gasteiger partial charge in [-0.15, -0.1) is 0 Å². The number of nitrogens with zero attached hydrogens (tertiary/aromatic N) is 2. The molecular weight excluding hydrogens is 416 g/mol. The van der Waals surface area contributed by atoms with Crippen LogP contribution in [0.1, 0.15) is 37.3 Å². The number of aliphatic imine (C=N–C) groups is 1. The second-order valence-corrected chi connectivity index (χ2v) is 11.5. The molecule has 0 aliphatic carbocycles. The minimum absolute atomic E-state index is 0.0871. The van der Waals surface area contributed by atoms with E-state index in [1.165, 1.54) is 11.8 Å². The molecule has 30 heavy (non-hydrogen) atoms. The molecular formula is C23H26N2O3S2. The number of amidine groups is 1.